The van der Waals surface area contributed by atoms with Gasteiger partial charge in [-0.2, -0.15) is 0 Å². The summed E-state index contributed by atoms with van der Waals surface area (Å²) in [7, 11) is 0. The Morgan fingerprint density at radius 3 is 2.67 bits per heavy atom. The predicted molar refractivity (Wildman–Crippen MR) is 35.1 cm³/mol. The molecule has 0 amide bonds. The number of hydrogen-bond donors (Lipinski definition) is 0. The standard InChI is InChI=1S/C7H14O2/c1-6(2)5-9-7-3-4-8-7/h6-7H,3-5H2,1-2H3. The van der Waals surface area contributed by atoms with Gasteiger partial charge in [0.25, 0.3) is 0 Å². The minimum Gasteiger partial charge on any atom is -0.352 e. The summed E-state index contributed by atoms with van der Waals surface area (Å²) in [6, 6.07) is 0. The van der Waals surface area contributed by atoms with E-state index in [1.165, 1.54) is 0 Å². The topological polar surface area (TPSA) is 18.5 Å². The van der Waals surface area contributed by atoms with Gasteiger partial charge in [-0.1, -0.05) is 13.8 Å². The van der Waals surface area contributed by atoms with Gasteiger partial charge in [-0.15, -0.1) is 0 Å². The highest BCUT2D eigenvalue weighted by molar-refractivity contribution is 4.55. The molecule has 1 saturated heterocycles. The second-order valence-electron chi connectivity index (χ2n) is 2.82. The monoisotopic (exact) mass is 130 g/mol. The van der Waals surface area contributed by atoms with E-state index in [0.29, 0.717) is 5.92 Å². The van der Waals surface area contributed by atoms with Crippen LogP contribution in [0.15, 0.2) is 0 Å². The van der Waals surface area contributed by atoms with E-state index < -0.39 is 0 Å². The van der Waals surface area contributed by atoms with E-state index in [1.54, 1.807) is 0 Å². The molecule has 1 heterocycles. The average molecular weight is 130 g/mol. The van der Waals surface area contributed by atoms with Crippen molar-refractivity contribution in [2.75, 3.05) is 13.2 Å². The Kier molecular flexibility index (Phi) is 2.49. The maximum absolute atomic E-state index is 5.32. The van der Waals surface area contributed by atoms with Gasteiger partial charge in [0.05, 0.1) is 13.2 Å². The average Bonchev–Trinajstić information content (AvgIpc) is 1.60. The normalized spacial score (nSPS) is 26.3. The molecule has 0 aromatic heterocycles. The molecule has 0 spiro atoms. The lowest BCUT2D eigenvalue weighted by Crippen LogP contribution is -2.30. The lowest BCUT2D eigenvalue weighted by Gasteiger charge is -2.26. The fourth-order valence-corrected chi connectivity index (χ4v) is 0.645. The van der Waals surface area contributed by atoms with Crippen LogP contribution in [0.25, 0.3) is 0 Å². The fraction of sp³-hybridized carbons (Fsp3) is 1.00. The molecular weight excluding hydrogens is 116 g/mol. The Balaban J connectivity index is 1.91. The van der Waals surface area contributed by atoms with E-state index in [9.17, 15) is 0 Å². The first-order chi connectivity index (χ1) is 4.29. The van der Waals surface area contributed by atoms with Crippen LogP contribution < -0.4 is 0 Å². The van der Waals surface area contributed by atoms with Crippen molar-refractivity contribution in [3.8, 4) is 0 Å². The van der Waals surface area contributed by atoms with Crippen molar-refractivity contribution >= 4 is 0 Å². The van der Waals surface area contributed by atoms with E-state index in [0.717, 1.165) is 19.6 Å². The largest absolute Gasteiger partial charge is 0.352 e. The molecule has 1 fully saturated rings. The molecule has 0 aromatic carbocycles. The van der Waals surface area contributed by atoms with Crippen LogP contribution >= 0.6 is 0 Å². The number of rotatable bonds is 3. The number of hydrogen-bond acceptors (Lipinski definition) is 2. The summed E-state index contributed by atoms with van der Waals surface area (Å²) in [5.41, 5.74) is 0. The number of ether oxygens (including phenoxy) is 2. The lowest BCUT2D eigenvalue weighted by atomic mass is 10.2. The second-order valence-corrected chi connectivity index (χ2v) is 2.82. The summed E-state index contributed by atoms with van der Waals surface area (Å²) >= 11 is 0. The molecule has 1 aliphatic heterocycles. The van der Waals surface area contributed by atoms with Crippen LogP contribution in [0.2, 0.25) is 0 Å². The molecule has 1 aliphatic rings. The Morgan fingerprint density at radius 2 is 2.33 bits per heavy atom. The Labute approximate surface area is 56.2 Å². The van der Waals surface area contributed by atoms with Crippen LogP contribution in [-0.2, 0) is 9.47 Å². The highest BCUT2D eigenvalue weighted by Crippen LogP contribution is 2.12. The molecule has 0 radical (unpaired) electrons. The van der Waals surface area contributed by atoms with Crippen LogP contribution in [-0.4, -0.2) is 19.5 Å². The van der Waals surface area contributed by atoms with Crippen LogP contribution in [0.3, 0.4) is 0 Å². The molecule has 0 N–H and O–H groups in total. The maximum Gasteiger partial charge on any atom is 0.159 e. The molecule has 2 heteroatoms. The molecule has 0 bridgehead atoms. The van der Waals surface area contributed by atoms with Crippen LogP contribution in [0.5, 0.6) is 0 Å². The highest BCUT2D eigenvalue weighted by Gasteiger charge is 2.18. The summed E-state index contributed by atoms with van der Waals surface area (Å²) in [4.78, 5) is 0. The van der Waals surface area contributed by atoms with Crippen molar-refractivity contribution in [1.29, 1.82) is 0 Å². The summed E-state index contributed by atoms with van der Waals surface area (Å²) in [5, 5.41) is 0. The fourth-order valence-electron chi connectivity index (χ4n) is 0.645. The van der Waals surface area contributed by atoms with Crippen molar-refractivity contribution in [3.05, 3.63) is 0 Å². The van der Waals surface area contributed by atoms with Gasteiger partial charge in [0.1, 0.15) is 0 Å². The van der Waals surface area contributed by atoms with E-state index in [1.807, 2.05) is 0 Å². The summed E-state index contributed by atoms with van der Waals surface area (Å²) < 4.78 is 10.4. The smallest absolute Gasteiger partial charge is 0.159 e. The van der Waals surface area contributed by atoms with Gasteiger partial charge in [-0.25, -0.2) is 0 Å². The van der Waals surface area contributed by atoms with Gasteiger partial charge in [0.2, 0.25) is 0 Å². The second kappa shape index (κ2) is 3.18. The third-order valence-electron chi connectivity index (χ3n) is 1.27. The summed E-state index contributed by atoms with van der Waals surface area (Å²) in [6.07, 6.45) is 1.19. The van der Waals surface area contributed by atoms with E-state index in [-0.39, 0.29) is 6.29 Å². The zero-order chi connectivity index (χ0) is 6.69. The molecule has 1 unspecified atom stereocenters. The zero-order valence-electron chi connectivity index (χ0n) is 6.09. The van der Waals surface area contributed by atoms with Crippen molar-refractivity contribution in [2.45, 2.75) is 26.6 Å². The summed E-state index contributed by atoms with van der Waals surface area (Å²) in [6.45, 7) is 5.98. The van der Waals surface area contributed by atoms with Gasteiger partial charge < -0.3 is 9.47 Å². The first kappa shape index (κ1) is 7.03. The van der Waals surface area contributed by atoms with Gasteiger partial charge in [0, 0.05) is 6.42 Å². The third-order valence-corrected chi connectivity index (χ3v) is 1.27. The van der Waals surface area contributed by atoms with Crippen molar-refractivity contribution in [2.24, 2.45) is 5.92 Å². The Bertz CT molecular complexity index is 77.0. The highest BCUT2D eigenvalue weighted by atomic mass is 16.7. The van der Waals surface area contributed by atoms with Gasteiger partial charge in [0.15, 0.2) is 6.29 Å². The van der Waals surface area contributed by atoms with Gasteiger partial charge in [-0.05, 0) is 5.92 Å². The molecule has 0 saturated carbocycles. The molecule has 9 heavy (non-hydrogen) atoms. The zero-order valence-corrected chi connectivity index (χ0v) is 6.09. The predicted octanol–water partition coefficient (Wildman–Crippen LogP) is 1.41. The molecule has 54 valence electrons. The first-order valence-electron chi connectivity index (χ1n) is 3.52. The van der Waals surface area contributed by atoms with E-state index >= 15 is 0 Å². The SMILES string of the molecule is CC(C)COC1CCO1. The molecule has 0 aliphatic carbocycles. The maximum atomic E-state index is 5.32. The van der Waals surface area contributed by atoms with Gasteiger partial charge >= 0.3 is 0 Å². The Hall–Kier alpha value is -0.0800. The summed E-state index contributed by atoms with van der Waals surface area (Å²) in [5.74, 6) is 0.620. The minimum atomic E-state index is 0.118. The Morgan fingerprint density at radius 1 is 1.67 bits per heavy atom. The first-order valence-corrected chi connectivity index (χ1v) is 3.52. The van der Waals surface area contributed by atoms with E-state index in [4.69, 9.17) is 9.47 Å². The van der Waals surface area contributed by atoms with Crippen molar-refractivity contribution in [3.63, 3.8) is 0 Å². The molecular formula is C7H14O2. The van der Waals surface area contributed by atoms with Crippen LogP contribution in [0.1, 0.15) is 20.3 Å². The quantitative estimate of drug-likeness (QED) is 0.575. The van der Waals surface area contributed by atoms with Crippen molar-refractivity contribution in [1.82, 2.24) is 0 Å². The molecule has 1 atom stereocenters. The molecule has 2 nitrogen and oxygen atoms in total. The molecule has 1 rings (SSSR count). The van der Waals surface area contributed by atoms with Gasteiger partial charge in [-0.3, -0.25) is 0 Å². The van der Waals surface area contributed by atoms with Crippen molar-refractivity contribution < 1.29 is 9.47 Å². The van der Waals surface area contributed by atoms with Crippen LogP contribution in [0.4, 0.5) is 0 Å². The minimum absolute atomic E-state index is 0.118. The third kappa shape index (κ3) is 2.33. The molecule has 0 aromatic rings. The lowest BCUT2D eigenvalue weighted by molar-refractivity contribution is -0.218. The van der Waals surface area contributed by atoms with Crippen LogP contribution in [0, 0.1) is 5.92 Å². The van der Waals surface area contributed by atoms with E-state index in [2.05, 4.69) is 13.8 Å².